The van der Waals surface area contributed by atoms with Crippen LogP contribution in [0, 0.1) is 0 Å². The minimum atomic E-state index is -3.41. The molecule has 2 aromatic carbocycles. The van der Waals surface area contributed by atoms with Crippen molar-refractivity contribution in [1.82, 2.24) is 4.72 Å². The molecule has 0 atom stereocenters. The molecule has 0 bridgehead atoms. The molecule has 1 amide bonds. The molecule has 0 unspecified atom stereocenters. The fourth-order valence-electron chi connectivity index (χ4n) is 2.02. The van der Waals surface area contributed by atoms with E-state index in [0.717, 1.165) is 5.56 Å². The molecule has 2 N–H and O–H groups in total. The van der Waals surface area contributed by atoms with Gasteiger partial charge in [-0.1, -0.05) is 48.5 Å². The maximum Gasteiger partial charge on any atom is 0.411 e. The van der Waals surface area contributed by atoms with E-state index < -0.39 is 16.1 Å². The van der Waals surface area contributed by atoms with Crippen LogP contribution in [0.5, 0.6) is 0 Å². The van der Waals surface area contributed by atoms with E-state index in [2.05, 4.69) is 16.6 Å². The Labute approximate surface area is 147 Å². The summed E-state index contributed by atoms with van der Waals surface area (Å²) in [4.78, 5) is 11.8. The number of carbonyl (C=O) groups is 1. The third kappa shape index (κ3) is 6.78. The van der Waals surface area contributed by atoms with Crippen molar-refractivity contribution < 1.29 is 17.9 Å². The van der Waals surface area contributed by atoms with E-state index in [9.17, 15) is 13.2 Å². The van der Waals surface area contributed by atoms with Crippen LogP contribution in [0.4, 0.5) is 10.5 Å². The highest BCUT2D eigenvalue weighted by molar-refractivity contribution is 7.88. The summed E-state index contributed by atoms with van der Waals surface area (Å²) >= 11 is 0. The number of nitrogens with one attached hydrogen (secondary N) is 2. The molecule has 0 aliphatic carbocycles. The van der Waals surface area contributed by atoms with Gasteiger partial charge in [-0.15, -0.1) is 6.58 Å². The number of hydrogen-bond donors (Lipinski definition) is 2. The molecule has 2 rings (SSSR count). The van der Waals surface area contributed by atoms with Gasteiger partial charge in [-0.25, -0.2) is 17.9 Å². The fourth-order valence-corrected chi connectivity index (χ4v) is 3.12. The van der Waals surface area contributed by atoms with Gasteiger partial charge < -0.3 is 4.74 Å². The van der Waals surface area contributed by atoms with E-state index in [-0.39, 0.29) is 18.9 Å². The van der Waals surface area contributed by atoms with Crippen molar-refractivity contribution in [2.24, 2.45) is 0 Å². The first-order valence-corrected chi connectivity index (χ1v) is 9.28. The molecule has 0 spiro atoms. The predicted octanol–water partition coefficient (Wildman–Crippen LogP) is 3.04. The maximum absolute atomic E-state index is 11.8. The number of hydrogen-bond acceptors (Lipinski definition) is 4. The average molecular weight is 360 g/mol. The second-order valence-corrected chi connectivity index (χ2v) is 7.09. The number of anilines is 1. The zero-order valence-electron chi connectivity index (χ0n) is 13.6. The molecule has 0 saturated heterocycles. The molecule has 0 radical (unpaired) electrons. The summed E-state index contributed by atoms with van der Waals surface area (Å²) in [5, 5.41) is 2.60. The van der Waals surface area contributed by atoms with Crippen molar-refractivity contribution in [2.45, 2.75) is 12.4 Å². The molecule has 0 fully saturated rings. The van der Waals surface area contributed by atoms with E-state index >= 15 is 0 Å². The van der Waals surface area contributed by atoms with Gasteiger partial charge in [-0.2, -0.15) is 0 Å². The molecule has 25 heavy (non-hydrogen) atoms. The lowest BCUT2D eigenvalue weighted by Crippen LogP contribution is -2.25. The zero-order valence-corrected chi connectivity index (χ0v) is 14.5. The second-order valence-electron chi connectivity index (χ2n) is 5.28. The van der Waals surface area contributed by atoms with Crippen LogP contribution in [-0.2, 0) is 27.1 Å². The smallest absolute Gasteiger partial charge is 0.411 e. The van der Waals surface area contributed by atoms with Gasteiger partial charge in [0, 0.05) is 12.2 Å². The number of sulfonamides is 1. The van der Waals surface area contributed by atoms with Gasteiger partial charge in [-0.3, -0.25) is 5.32 Å². The van der Waals surface area contributed by atoms with E-state index in [0.29, 0.717) is 11.3 Å². The molecule has 7 heteroatoms. The first-order valence-electron chi connectivity index (χ1n) is 7.63. The van der Waals surface area contributed by atoms with Gasteiger partial charge in [0.2, 0.25) is 10.0 Å². The Kier molecular flexibility index (Phi) is 6.73. The largest absolute Gasteiger partial charge is 0.444 e. The molecule has 132 valence electrons. The molecule has 0 aliphatic rings. The number of carbonyl (C=O) groups excluding carboxylic acids is 1. The van der Waals surface area contributed by atoms with Crippen molar-refractivity contribution in [3.05, 3.63) is 78.4 Å². The van der Waals surface area contributed by atoms with Crippen molar-refractivity contribution in [3.8, 4) is 0 Å². The topological polar surface area (TPSA) is 84.5 Å². The second kappa shape index (κ2) is 9.00. The van der Waals surface area contributed by atoms with Crippen LogP contribution in [0.2, 0.25) is 0 Å². The highest BCUT2D eigenvalue weighted by Gasteiger charge is 2.10. The lowest BCUT2D eigenvalue weighted by atomic mass is 10.2. The summed E-state index contributed by atoms with van der Waals surface area (Å²) in [6.45, 7) is 3.83. The van der Waals surface area contributed by atoms with Gasteiger partial charge >= 0.3 is 6.09 Å². The average Bonchev–Trinajstić information content (AvgIpc) is 2.61. The Hall–Kier alpha value is -2.64. The third-order valence-electron chi connectivity index (χ3n) is 3.22. The molecule has 0 heterocycles. The minimum absolute atomic E-state index is 0.139. The monoisotopic (exact) mass is 360 g/mol. The summed E-state index contributed by atoms with van der Waals surface area (Å²) in [7, 11) is -3.41. The zero-order chi connectivity index (χ0) is 18.1. The third-order valence-corrected chi connectivity index (χ3v) is 4.54. The van der Waals surface area contributed by atoms with Crippen molar-refractivity contribution >= 4 is 21.8 Å². The molecular formula is C18H20N2O4S. The highest BCUT2D eigenvalue weighted by atomic mass is 32.2. The van der Waals surface area contributed by atoms with E-state index in [4.69, 9.17) is 4.74 Å². The lowest BCUT2D eigenvalue weighted by molar-refractivity contribution is 0.155. The maximum atomic E-state index is 11.8. The normalized spacial score (nSPS) is 10.9. The quantitative estimate of drug-likeness (QED) is 0.709. The van der Waals surface area contributed by atoms with Crippen LogP contribution in [0.25, 0.3) is 0 Å². The van der Waals surface area contributed by atoms with Crippen molar-refractivity contribution in [1.29, 1.82) is 0 Å². The first-order chi connectivity index (χ1) is 12.0. The molecule has 0 aliphatic heterocycles. The summed E-state index contributed by atoms with van der Waals surface area (Å²) in [5.74, 6) is -0.139. The Morgan fingerprint density at radius 3 is 2.36 bits per heavy atom. The number of benzene rings is 2. The molecule has 2 aromatic rings. The van der Waals surface area contributed by atoms with Gasteiger partial charge in [0.05, 0.1) is 5.75 Å². The number of amides is 1. The van der Waals surface area contributed by atoms with Crippen molar-refractivity contribution in [3.63, 3.8) is 0 Å². The molecule has 6 nitrogen and oxygen atoms in total. The number of rotatable bonds is 8. The van der Waals surface area contributed by atoms with Crippen LogP contribution in [0.1, 0.15) is 11.1 Å². The van der Waals surface area contributed by atoms with Crippen molar-refractivity contribution in [2.75, 3.05) is 11.9 Å². The lowest BCUT2D eigenvalue weighted by Gasteiger charge is -2.08. The fraction of sp³-hybridized carbons (Fsp3) is 0.167. The Morgan fingerprint density at radius 1 is 1.04 bits per heavy atom. The van der Waals surface area contributed by atoms with Crippen LogP contribution in [0.3, 0.4) is 0 Å². The van der Waals surface area contributed by atoms with E-state index in [1.165, 1.54) is 6.08 Å². The van der Waals surface area contributed by atoms with Gasteiger partial charge in [0.1, 0.15) is 6.61 Å². The SMILES string of the molecule is C=CCNS(=O)(=O)Cc1ccc(NC(=O)OCc2ccccc2)cc1. The van der Waals surface area contributed by atoms with Crippen LogP contribution >= 0.6 is 0 Å². The minimum Gasteiger partial charge on any atom is -0.444 e. The summed E-state index contributed by atoms with van der Waals surface area (Å²) in [6, 6.07) is 15.9. The van der Waals surface area contributed by atoms with Crippen LogP contribution in [-0.4, -0.2) is 21.1 Å². The summed E-state index contributed by atoms with van der Waals surface area (Å²) in [6.07, 6.45) is 0.905. The first kappa shape index (κ1) is 18.7. The van der Waals surface area contributed by atoms with Gasteiger partial charge in [0.25, 0.3) is 0 Å². The van der Waals surface area contributed by atoms with Gasteiger partial charge in [-0.05, 0) is 23.3 Å². The molecular weight excluding hydrogens is 340 g/mol. The summed E-state index contributed by atoms with van der Waals surface area (Å²) < 4.78 is 31.1. The Bertz CT molecular complexity index is 803. The predicted molar refractivity (Wildman–Crippen MR) is 97.5 cm³/mol. The Morgan fingerprint density at radius 2 is 1.72 bits per heavy atom. The number of ether oxygens (including phenoxy) is 1. The summed E-state index contributed by atoms with van der Waals surface area (Å²) in [5.41, 5.74) is 2.03. The Balaban J connectivity index is 1.85. The van der Waals surface area contributed by atoms with E-state index in [1.54, 1.807) is 24.3 Å². The van der Waals surface area contributed by atoms with Crippen LogP contribution in [0.15, 0.2) is 67.3 Å². The highest BCUT2D eigenvalue weighted by Crippen LogP contribution is 2.12. The molecule has 0 aromatic heterocycles. The van der Waals surface area contributed by atoms with E-state index in [1.807, 2.05) is 30.3 Å². The van der Waals surface area contributed by atoms with Crippen LogP contribution < -0.4 is 10.0 Å². The standard InChI is InChI=1S/C18H20N2O4S/c1-2-12-19-25(22,23)14-16-8-10-17(11-9-16)20-18(21)24-13-15-6-4-3-5-7-15/h2-11,19H,1,12-14H2,(H,20,21). The van der Waals surface area contributed by atoms with Gasteiger partial charge in [0.15, 0.2) is 0 Å². The molecule has 0 saturated carbocycles.